The van der Waals surface area contributed by atoms with Crippen molar-refractivity contribution in [1.29, 1.82) is 0 Å². The molecule has 2 aromatic rings. The first-order chi connectivity index (χ1) is 9.83. The zero-order valence-corrected chi connectivity index (χ0v) is 11.8. The Morgan fingerprint density at radius 2 is 2.05 bits per heavy atom. The van der Waals surface area contributed by atoms with Crippen molar-refractivity contribution in [2.45, 2.75) is 38.7 Å². The molecule has 0 amide bonds. The van der Waals surface area contributed by atoms with Crippen molar-refractivity contribution in [3.8, 4) is 0 Å². The number of hydrogen-bond donors (Lipinski definition) is 0. The zero-order chi connectivity index (χ0) is 13.8. The van der Waals surface area contributed by atoms with Gasteiger partial charge in [-0.25, -0.2) is 0 Å². The van der Waals surface area contributed by atoms with Gasteiger partial charge in [-0.2, -0.15) is 4.98 Å². The van der Waals surface area contributed by atoms with E-state index in [1.165, 1.54) is 5.56 Å². The molecule has 1 aliphatic heterocycles. The molecule has 1 aromatic carbocycles. The highest BCUT2D eigenvalue weighted by Crippen LogP contribution is 2.32. The molecule has 0 unspecified atom stereocenters. The quantitative estimate of drug-likeness (QED) is 0.837. The second-order valence-corrected chi connectivity index (χ2v) is 5.45. The summed E-state index contributed by atoms with van der Waals surface area (Å²) in [6.07, 6.45) is 3.98. The number of nitrogens with zero attached hydrogens (tertiary/aromatic N) is 2. The van der Waals surface area contributed by atoms with Crippen molar-refractivity contribution >= 4 is 0 Å². The fourth-order valence-electron chi connectivity index (χ4n) is 2.59. The molecule has 3 rings (SSSR count). The Kier molecular flexibility index (Phi) is 4.11. The van der Waals surface area contributed by atoms with Gasteiger partial charge in [0.05, 0.1) is 0 Å². The molecule has 2 atom stereocenters. The lowest BCUT2D eigenvalue weighted by atomic mass is 10.0. The lowest BCUT2D eigenvalue weighted by molar-refractivity contribution is 0.0661. The molecule has 4 heteroatoms. The number of aryl methyl sites for hydroxylation is 2. The first kappa shape index (κ1) is 13.3. The minimum absolute atomic E-state index is 0.00891. The van der Waals surface area contributed by atoms with Crippen LogP contribution < -0.4 is 0 Å². The van der Waals surface area contributed by atoms with Gasteiger partial charge in [-0.05, 0) is 30.7 Å². The standard InChI is InChI=1S/C16H20N2O2/c1-12-10-11-19-15(12)16-17-14(18-20-16)9-5-8-13-6-3-2-4-7-13/h2-4,6-7,12,15H,5,8-11H2,1H3/t12-,15-/m1/s1. The Morgan fingerprint density at radius 1 is 1.20 bits per heavy atom. The van der Waals surface area contributed by atoms with E-state index in [1.807, 2.05) is 6.07 Å². The molecule has 0 bridgehead atoms. The van der Waals surface area contributed by atoms with Crippen molar-refractivity contribution in [1.82, 2.24) is 10.1 Å². The van der Waals surface area contributed by atoms with Gasteiger partial charge in [0.1, 0.15) is 6.10 Å². The van der Waals surface area contributed by atoms with Crippen molar-refractivity contribution in [3.63, 3.8) is 0 Å². The second kappa shape index (κ2) is 6.18. The predicted molar refractivity (Wildman–Crippen MR) is 75.2 cm³/mol. The van der Waals surface area contributed by atoms with Crippen LogP contribution in [0.5, 0.6) is 0 Å². The van der Waals surface area contributed by atoms with E-state index in [4.69, 9.17) is 9.26 Å². The number of rotatable bonds is 5. The van der Waals surface area contributed by atoms with Crippen LogP contribution in [0.4, 0.5) is 0 Å². The van der Waals surface area contributed by atoms with E-state index in [9.17, 15) is 0 Å². The van der Waals surface area contributed by atoms with Crippen molar-refractivity contribution in [3.05, 3.63) is 47.6 Å². The maximum atomic E-state index is 5.64. The van der Waals surface area contributed by atoms with Crippen molar-refractivity contribution in [2.24, 2.45) is 5.92 Å². The third-order valence-corrected chi connectivity index (χ3v) is 3.82. The molecule has 0 saturated carbocycles. The van der Waals surface area contributed by atoms with Crippen LogP contribution in [0.15, 0.2) is 34.9 Å². The van der Waals surface area contributed by atoms with Crippen LogP contribution >= 0.6 is 0 Å². The van der Waals surface area contributed by atoms with Crippen LogP contribution in [0, 0.1) is 5.92 Å². The fourth-order valence-corrected chi connectivity index (χ4v) is 2.59. The van der Waals surface area contributed by atoms with Crippen LogP contribution in [0.1, 0.15) is 43.1 Å². The molecule has 20 heavy (non-hydrogen) atoms. The van der Waals surface area contributed by atoms with Gasteiger partial charge in [0.2, 0.25) is 0 Å². The second-order valence-electron chi connectivity index (χ2n) is 5.45. The smallest absolute Gasteiger partial charge is 0.256 e. The number of aromatic nitrogens is 2. The van der Waals surface area contributed by atoms with E-state index in [2.05, 4.69) is 41.3 Å². The molecule has 0 spiro atoms. The van der Waals surface area contributed by atoms with Gasteiger partial charge < -0.3 is 9.26 Å². The number of ether oxygens (including phenoxy) is 1. The molecule has 1 saturated heterocycles. The summed E-state index contributed by atoms with van der Waals surface area (Å²) in [5, 5.41) is 4.06. The molecule has 106 valence electrons. The molecule has 1 aliphatic rings. The van der Waals surface area contributed by atoms with Gasteiger partial charge in [-0.1, -0.05) is 42.4 Å². The summed E-state index contributed by atoms with van der Waals surface area (Å²) in [6, 6.07) is 10.5. The average molecular weight is 272 g/mol. The third kappa shape index (κ3) is 3.07. The summed E-state index contributed by atoms with van der Waals surface area (Å²) in [5.41, 5.74) is 1.35. The van der Waals surface area contributed by atoms with Gasteiger partial charge in [0.25, 0.3) is 5.89 Å². The Morgan fingerprint density at radius 3 is 2.80 bits per heavy atom. The van der Waals surface area contributed by atoms with Crippen LogP contribution in [0.3, 0.4) is 0 Å². The van der Waals surface area contributed by atoms with Gasteiger partial charge in [-0.3, -0.25) is 0 Å². The van der Waals surface area contributed by atoms with Crippen LogP contribution in [-0.2, 0) is 17.6 Å². The molecule has 0 N–H and O–H groups in total. The van der Waals surface area contributed by atoms with Crippen LogP contribution in [0.2, 0.25) is 0 Å². The van der Waals surface area contributed by atoms with Crippen LogP contribution in [0.25, 0.3) is 0 Å². The lowest BCUT2D eigenvalue weighted by Gasteiger charge is -2.07. The third-order valence-electron chi connectivity index (χ3n) is 3.82. The molecule has 0 aliphatic carbocycles. The van der Waals surface area contributed by atoms with Gasteiger partial charge in [0.15, 0.2) is 5.82 Å². The molecule has 4 nitrogen and oxygen atoms in total. The van der Waals surface area contributed by atoms with E-state index in [0.717, 1.165) is 38.1 Å². The topological polar surface area (TPSA) is 48.2 Å². The Hall–Kier alpha value is -1.68. The molecule has 1 aromatic heterocycles. The summed E-state index contributed by atoms with van der Waals surface area (Å²) < 4.78 is 11.0. The van der Waals surface area contributed by atoms with Crippen molar-refractivity contribution in [2.75, 3.05) is 6.61 Å². The molecule has 1 fully saturated rings. The monoisotopic (exact) mass is 272 g/mol. The fraction of sp³-hybridized carbons (Fsp3) is 0.500. The normalized spacial score (nSPS) is 22.2. The first-order valence-electron chi connectivity index (χ1n) is 7.31. The zero-order valence-electron chi connectivity index (χ0n) is 11.8. The van der Waals surface area contributed by atoms with E-state index in [0.29, 0.717) is 11.8 Å². The lowest BCUT2D eigenvalue weighted by Crippen LogP contribution is -2.04. The van der Waals surface area contributed by atoms with E-state index in [1.54, 1.807) is 0 Å². The molecular formula is C16H20N2O2. The Balaban J connectivity index is 1.52. The first-order valence-corrected chi connectivity index (χ1v) is 7.31. The summed E-state index contributed by atoms with van der Waals surface area (Å²) in [6.45, 7) is 2.95. The minimum Gasteiger partial charge on any atom is -0.368 e. The number of hydrogen-bond acceptors (Lipinski definition) is 4. The van der Waals surface area contributed by atoms with E-state index >= 15 is 0 Å². The van der Waals surface area contributed by atoms with Gasteiger partial charge in [-0.15, -0.1) is 0 Å². The summed E-state index contributed by atoms with van der Waals surface area (Å²) in [7, 11) is 0. The highest BCUT2D eigenvalue weighted by Gasteiger charge is 2.30. The maximum Gasteiger partial charge on any atom is 0.256 e. The minimum atomic E-state index is -0.00891. The largest absolute Gasteiger partial charge is 0.368 e. The average Bonchev–Trinajstić information content (AvgIpc) is 3.09. The number of benzene rings is 1. The predicted octanol–water partition coefficient (Wildman–Crippen LogP) is 3.34. The summed E-state index contributed by atoms with van der Waals surface area (Å²) in [4.78, 5) is 4.47. The SMILES string of the molecule is C[C@@H]1CCO[C@H]1c1nc(CCCc2ccccc2)no1. The maximum absolute atomic E-state index is 5.64. The van der Waals surface area contributed by atoms with Crippen LogP contribution in [-0.4, -0.2) is 16.7 Å². The molecule has 2 heterocycles. The Bertz CT molecular complexity index is 538. The highest BCUT2D eigenvalue weighted by atomic mass is 16.5. The molecular weight excluding hydrogens is 252 g/mol. The van der Waals surface area contributed by atoms with Crippen molar-refractivity contribution < 1.29 is 9.26 Å². The highest BCUT2D eigenvalue weighted by molar-refractivity contribution is 5.14. The van der Waals surface area contributed by atoms with E-state index in [-0.39, 0.29) is 6.10 Å². The van der Waals surface area contributed by atoms with E-state index < -0.39 is 0 Å². The van der Waals surface area contributed by atoms with Gasteiger partial charge in [0, 0.05) is 13.0 Å². The van der Waals surface area contributed by atoms with Gasteiger partial charge >= 0.3 is 0 Å². The summed E-state index contributed by atoms with van der Waals surface area (Å²) in [5.74, 6) is 1.90. The molecule has 0 radical (unpaired) electrons. The Labute approximate surface area is 119 Å². The summed E-state index contributed by atoms with van der Waals surface area (Å²) >= 11 is 0.